The first kappa shape index (κ1) is 14.9. The fourth-order valence-corrected chi connectivity index (χ4v) is 2.63. The Kier molecular flexibility index (Phi) is 3.88. The lowest BCUT2D eigenvalue weighted by molar-refractivity contribution is 0.0950. The van der Waals surface area contributed by atoms with Crippen molar-refractivity contribution in [1.82, 2.24) is 25.1 Å². The molecular weight excluding hydrogens is 318 g/mol. The molecule has 25 heavy (non-hydrogen) atoms. The number of amides is 1. The summed E-state index contributed by atoms with van der Waals surface area (Å²) >= 11 is 0. The minimum atomic E-state index is -0.229. The summed E-state index contributed by atoms with van der Waals surface area (Å²) in [6, 6.07) is 11.6. The molecule has 0 aliphatic rings. The number of furan rings is 1. The molecule has 0 fully saturated rings. The van der Waals surface area contributed by atoms with E-state index in [1.165, 1.54) is 6.20 Å². The quantitative estimate of drug-likeness (QED) is 0.588. The second-order valence-corrected chi connectivity index (χ2v) is 5.40. The van der Waals surface area contributed by atoms with Crippen LogP contribution in [0.15, 0.2) is 71.9 Å². The number of carbonyl (C=O) groups is 1. The third kappa shape index (κ3) is 2.94. The maximum absolute atomic E-state index is 12.5. The minimum Gasteiger partial charge on any atom is -0.472 e. The van der Waals surface area contributed by atoms with Crippen molar-refractivity contribution in [1.29, 1.82) is 0 Å². The largest absolute Gasteiger partial charge is 0.472 e. The summed E-state index contributed by atoms with van der Waals surface area (Å²) < 4.78 is 7.00. The zero-order valence-electron chi connectivity index (χ0n) is 13.2. The van der Waals surface area contributed by atoms with Crippen LogP contribution in [-0.4, -0.2) is 25.7 Å². The van der Waals surface area contributed by atoms with Crippen LogP contribution in [0.1, 0.15) is 16.2 Å². The van der Waals surface area contributed by atoms with Crippen molar-refractivity contribution >= 4 is 5.91 Å². The number of benzene rings is 1. The highest BCUT2D eigenvalue weighted by atomic mass is 16.3. The van der Waals surface area contributed by atoms with Gasteiger partial charge in [-0.05, 0) is 18.2 Å². The number of aromatic nitrogens is 4. The molecule has 0 saturated carbocycles. The zero-order valence-corrected chi connectivity index (χ0v) is 13.2. The second kappa shape index (κ2) is 6.48. The van der Waals surface area contributed by atoms with E-state index in [1.807, 2.05) is 41.1 Å². The van der Waals surface area contributed by atoms with E-state index in [0.717, 1.165) is 17.1 Å². The highest BCUT2D eigenvalue weighted by molar-refractivity contribution is 5.99. The maximum atomic E-state index is 12.5. The highest BCUT2D eigenvalue weighted by Gasteiger charge is 2.16. The number of aromatic amines is 1. The van der Waals surface area contributed by atoms with Gasteiger partial charge in [0.1, 0.15) is 5.82 Å². The van der Waals surface area contributed by atoms with Crippen molar-refractivity contribution in [3.05, 3.63) is 78.9 Å². The van der Waals surface area contributed by atoms with Crippen LogP contribution in [-0.2, 0) is 6.54 Å². The standard InChI is InChI=1S/C18H15N5O2/c24-18(15-10-21-22-17(15)13-6-9-25-12-13)20-11-16-19-7-8-23(16)14-4-2-1-3-5-14/h1-10,12H,11H2,(H,20,24)(H,21,22). The van der Waals surface area contributed by atoms with Gasteiger partial charge in [-0.2, -0.15) is 5.10 Å². The molecule has 0 spiro atoms. The van der Waals surface area contributed by atoms with Gasteiger partial charge in [0.2, 0.25) is 0 Å². The Hall–Kier alpha value is -3.61. The van der Waals surface area contributed by atoms with E-state index >= 15 is 0 Å². The fourth-order valence-electron chi connectivity index (χ4n) is 2.63. The van der Waals surface area contributed by atoms with Gasteiger partial charge in [0, 0.05) is 23.6 Å². The van der Waals surface area contributed by atoms with Crippen molar-refractivity contribution in [2.75, 3.05) is 0 Å². The Morgan fingerprint density at radius 2 is 2.12 bits per heavy atom. The van der Waals surface area contributed by atoms with Gasteiger partial charge in [0.15, 0.2) is 0 Å². The lowest BCUT2D eigenvalue weighted by Crippen LogP contribution is -2.24. The first-order valence-electron chi connectivity index (χ1n) is 7.75. The molecule has 0 saturated heterocycles. The van der Waals surface area contributed by atoms with Crippen molar-refractivity contribution < 1.29 is 9.21 Å². The lowest BCUT2D eigenvalue weighted by atomic mass is 10.1. The molecule has 7 nitrogen and oxygen atoms in total. The van der Waals surface area contributed by atoms with Gasteiger partial charge in [0.05, 0.1) is 36.5 Å². The van der Waals surface area contributed by atoms with Gasteiger partial charge in [-0.25, -0.2) is 4.98 Å². The molecule has 0 aliphatic carbocycles. The first-order valence-corrected chi connectivity index (χ1v) is 7.75. The van der Waals surface area contributed by atoms with Crippen LogP contribution in [0.4, 0.5) is 0 Å². The maximum Gasteiger partial charge on any atom is 0.255 e. The average Bonchev–Trinajstić information content (AvgIpc) is 3.41. The summed E-state index contributed by atoms with van der Waals surface area (Å²) in [4.78, 5) is 16.9. The number of nitrogens with one attached hydrogen (secondary N) is 2. The van der Waals surface area contributed by atoms with E-state index in [4.69, 9.17) is 4.42 Å². The smallest absolute Gasteiger partial charge is 0.255 e. The van der Waals surface area contributed by atoms with Crippen molar-refractivity contribution in [2.24, 2.45) is 0 Å². The molecule has 124 valence electrons. The predicted octanol–water partition coefficient (Wildman–Crippen LogP) is 2.79. The van der Waals surface area contributed by atoms with Crippen LogP contribution >= 0.6 is 0 Å². The van der Waals surface area contributed by atoms with Gasteiger partial charge in [-0.3, -0.25) is 9.89 Å². The minimum absolute atomic E-state index is 0.229. The Balaban J connectivity index is 1.51. The summed E-state index contributed by atoms with van der Waals surface area (Å²) in [5.41, 5.74) is 2.84. The molecule has 0 atom stereocenters. The molecular formula is C18H15N5O2. The fraction of sp³-hybridized carbons (Fsp3) is 0.0556. The number of nitrogens with zero attached hydrogens (tertiary/aromatic N) is 3. The molecule has 0 bridgehead atoms. The van der Waals surface area contributed by atoms with E-state index < -0.39 is 0 Å². The van der Waals surface area contributed by atoms with Gasteiger partial charge in [0.25, 0.3) is 5.91 Å². The zero-order chi connectivity index (χ0) is 17.1. The molecule has 4 rings (SSSR count). The van der Waals surface area contributed by atoms with Crippen LogP contribution in [0.3, 0.4) is 0 Å². The Labute approximate surface area is 143 Å². The molecule has 3 aromatic heterocycles. The van der Waals surface area contributed by atoms with E-state index in [0.29, 0.717) is 17.8 Å². The van der Waals surface area contributed by atoms with Crippen LogP contribution in [0, 0.1) is 0 Å². The summed E-state index contributed by atoms with van der Waals surface area (Å²) in [5, 5.41) is 9.68. The average molecular weight is 333 g/mol. The van der Waals surface area contributed by atoms with Crippen LogP contribution in [0.5, 0.6) is 0 Å². The van der Waals surface area contributed by atoms with E-state index in [1.54, 1.807) is 24.8 Å². The monoisotopic (exact) mass is 333 g/mol. The number of imidazole rings is 1. The predicted molar refractivity (Wildman–Crippen MR) is 91.0 cm³/mol. The molecule has 0 aliphatic heterocycles. The first-order chi connectivity index (χ1) is 12.3. The van der Waals surface area contributed by atoms with Crippen LogP contribution in [0.2, 0.25) is 0 Å². The third-order valence-electron chi connectivity index (χ3n) is 3.85. The normalized spacial score (nSPS) is 10.7. The Bertz CT molecular complexity index is 970. The molecule has 0 unspecified atom stereocenters. The third-order valence-corrected chi connectivity index (χ3v) is 3.85. The SMILES string of the molecule is O=C(NCc1nccn1-c1ccccc1)c1cn[nH]c1-c1ccoc1. The van der Waals surface area contributed by atoms with Gasteiger partial charge in [-0.1, -0.05) is 18.2 Å². The van der Waals surface area contributed by atoms with Gasteiger partial charge < -0.3 is 14.3 Å². The highest BCUT2D eigenvalue weighted by Crippen LogP contribution is 2.21. The number of rotatable bonds is 5. The van der Waals surface area contributed by atoms with Crippen LogP contribution in [0.25, 0.3) is 16.9 Å². The van der Waals surface area contributed by atoms with E-state index in [9.17, 15) is 4.79 Å². The summed E-state index contributed by atoms with van der Waals surface area (Å²) in [7, 11) is 0. The van der Waals surface area contributed by atoms with Crippen molar-refractivity contribution in [3.63, 3.8) is 0 Å². The second-order valence-electron chi connectivity index (χ2n) is 5.40. The number of hydrogen-bond donors (Lipinski definition) is 2. The van der Waals surface area contributed by atoms with E-state index in [-0.39, 0.29) is 5.91 Å². The molecule has 0 radical (unpaired) electrons. The number of carbonyl (C=O) groups excluding carboxylic acids is 1. The topological polar surface area (TPSA) is 88.7 Å². The molecule has 1 amide bonds. The molecule has 1 aromatic carbocycles. The van der Waals surface area contributed by atoms with Crippen molar-refractivity contribution in [2.45, 2.75) is 6.54 Å². The number of para-hydroxylation sites is 1. The number of H-pyrrole nitrogens is 1. The van der Waals surface area contributed by atoms with Crippen LogP contribution < -0.4 is 5.32 Å². The molecule has 4 aromatic rings. The Morgan fingerprint density at radius 3 is 2.92 bits per heavy atom. The molecule has 3 heterocycles. The lowest BCUT2D eigenvalue weighted by Gasteiger charge is -2.09. The Morgan fingerprint density at radius 1 is 1.24 bits per heavy atom. The summed E-state index contributed by atoms with van der Waals surface area (Å²) in [6.45, 7) is 0.302. The van der Waals surface area contributed by atoms with E-state index in [2.05, 4.69) is 20.5 Å². The van der Waals surface area contributed by atoms with Gasteiger partial charge >= 0.3 is 0 Å². The van der Waals surface area contributed by atoms with Gasteiger partial charge in [-0.15, -0.1) is 0 Å². The number of hydrogen-bond acceptors (Lipinski definition) is 4. The summed E-state index contributed by atoms with van der Waals surface area (Å²) in [6.07, 6.45) is 8.19. The molecule has 2 N–H and O–H groups in total. The summed E-state index contributed by atoms with van der Waals surface area (Å²) in [5.74, 6) is 0.514. The molecule has 7 heteroatoms. The van der Waals surface area contributed by atoms with Crippen molar-refractivity contribution in [3.8, 4) is 16.9 Å².